The maximum absolute atomic E-state index is 11.4. The van der Waals surface area contributed by atoms with Crippen LogP contribution >= 0.6 is 12.4 Å². The standard InChI is InChI=1S/C9H22N2O4S.ClH/c1-14-7-3-9-16(12,13)11-5-4-10-6-8-15-2;/h10-11H,3-9H2,1-2H3;1H. The molecule has 0 amide bonds. The normalized spacial score (nSPS) is 11.2. The lowest BCUT2D eigenvalue weighted by Crippen LogP contribution is -2.34. The largest absolute Gasteiger partial charge is 0.385 e. The number of ether oxygens (including phenoxy) is 2. The average molecular weight is 291 g/mol. The Bertz CT molecular complexity index is 249. The lowest BCUT2D eigenvalue weighted by Gasteiger charge is -2.07. The van der Waals surface area contributed by atoms with E-state index in [1.165, 1.54) is 0 Å². The van der Waals surface area contributed by atoms with Crippen LogP contribution in [0.4, 0.5) is 0 Å². The Balaban J connectivity index is 0. The molecule has 106 valence electrons. The molecule has 0 aliphatic carbocycles. The number of rotatable bonds is 11. The fourth-order valence-electron chi connectivity index (χ4n) is 1.06. The van der Waals surface area contributed by atoms with Gasteiger partial charge in [-0.15, -0.1) is 12.4 Å². The van der Waals surface area contributed by atoms with Crippen LogP contribution in [-0.2, 0) is 19.5 Å². The third-order valence-corrected chi connectivity index (χ3v) is 3.34. The van der Waals surface area contributed by atoms with E-state index in [2.05, 4.69) is 10.0 Å². The number of hydrogen-bond acceptors (Lipinski definition) is 5. The van der Waals surface area contributed by atoms with Crippen molar-refractivity contribution in [1.29, 1.82) is 0 Å². The zero-order chi connectivity index (χ0) is 12.3. The Kier molecular flexibility index (Phi) is 14.3. The van der Waals surface area contributed by atoms with Gasteiger partial charge in [-0.2, -0.15) is 0 Å². The van der Waals surface area contributed by atoms with Crippen molar-refractivity contribution in [1.82, 2.24) is 10.0 Å². The Labute approximate surface area is 110 Å². The second-order valence-corrected chi connectivity index (χ2v) is 5.23. The van der Waals surface area contributed by atoms with Gasteiger partial charge in [0.25, 0.3) is 0 Å². The van der Waals surface area contributed by atoms with Gasteiger partial charge in [-0.3, -0.25) is 0 Å². The first-order valence-corrected chi connectivity index (χ1v) is 6.93. The highest BCUT2D eigenvalue weighted by molar-refractivity contribution is 7.89. The van der Waals surface area contributed by atoms with Crippen LogP contribution in [0.1, 0.15) is 6.42 Å². The zero-order valence-electron chi connectivity index (χ0n) is 10.4. The van der Waals surface area contributed by atoms with E-state index in [0.717, 1.165) is 6.54 Å². The Morgan fingerprint density at radius 2 is 1.65 bits per heavy atom. The van der Waals surface area contributed by atoms with E-state index in [9.17, 15) is 8.42 Å². The minimum absolute atomic E-state index is 0. The summed E-state index contributed by atoms with van der Waals surface area (Å²) >= 11 is 0. The van der Waals surface area contributed by atoms with Gasteiger partial charge < -0.3 is 14.8 Å². The topological polar surface area (TPSA) is 76.7 Å². The molecular formula is C9H23ClN2O4S. The second-order valence-electron chi connectivity index (χ2n) is 3.30. The molecule has 0 spiro atoms. The van der Waals surface area contributed by atoms with Gasteiger partial charge in [0.15, 0.2) is 0 Å². The molecule has 0 atom stereocenters. The molecule has 0 unspecified atom stereocenters. The van der Waals surface area contributed by atoms with Gasteiger partial charge in [-0.05, 0) is 6.42 Å². The highest BCUT2D eigenvalue weighted by atomic mass is 35.5. The molecule has 0 aromatic heterocycles. The molecule has 0 bridgehead atoms. The first-order valence-electron chi connectivity index (χ1n) is 5.28. The minimum Gasteiger partial charge on any atom is -0.385 e. The van der Waals surface area contributed by atoms with Crippen LogP contribution in [0.5, 0.6) is 0 Å². The summed E-state index contributed by atoms with van der Waals surface area (Å²) in [6, 6.07) is 0. The van der Waals surface area contributed by atoms with Gasteiger partial charge in [0.1, 0.15) is 0 Å². The molecule has 8 heteroatoms. The van der Waals surface area contributed by atoms with Crippen molar-refractivity contribution < 1.29 is 17.9 Å². The van der Waals surface area contributed by atoms with Gasteiger partial charge in [-0.25, -0.2) is 13.1 Å². The first kappa shape index (κ1) is 19.4. The summed E-state index contributed by atoms with van der Waals surface area (Å²) in [7, 11) is 0.0327. The molecule has 0 rings (SSSR count). The molecule has 2 N–H and O–H groups in total. The van der Waals surface area contributed by atoms with E-state index >= 15 is 0 Å². The van der Waals surface area contributed by atoms with Crippen molar-refractivity contribution in [3.8, 4) is 0 Å². The number of halogens is 1. The van der Waals surface area contributed by atoms with Crippen LogP contribution in [-0.4, -0.2) is 61.2 Å². The summed E-state index contributed by atoms with van der Waals surface area (Å²) in [4.78, 5) is 0. The molecule has 0 saturated heterocycles. The molecule has 6 nitrogen and oxygen atoms in total. The van der Waals surface area contributed by atoms with Gasteiger partial charge in [-0.1, -0.05) is 0 Å². The first-order chi connectivity index (χ1) is 7.62. The molecule has 0 aromatic carbocycles. The number of methoxy groups -OCH3 is 2. The van der Waals surface area contributed by atoms with Crippen LogP contribution in [0.15, 0.2) is 0 Å². The molecule has 0 aromatic rings. The minimum atomic E-state index is -3.15. The molecule has 0 saturated carbocycles. The Morgan fingerprint density at radius 1 is 1.00 bits per heavy atom. The van der Waals surface area contributed by atoms with Gasteiger partial charge in [0.05, 0.1) is 12.4 Å². The molecule has 0 aliphatic heterocycles. The fourth-order valence-corrected chi connectivity index (χ4v) is 2.11. The number of hydrogen-bond donors (Lipinski definition) is 2. The summed E-state index contributed by atoms with van der Waals surface area (Å²) in [5, 5.41) is 3.05. The maximum Gasteiger partial charge on any atom is 0.211 e. The lowest BCUT2D eigenvalue weighted by molar-refractivity contribution is 0.199. The van der Waals surface area contributed by atoms with Crippen molar-refractivity contribution in [3.05, 3.63) is 0 Å². The number of nitrogens with one attached hydrogen (secondary N) is 2. The van der Waals surface area contributed by atoms with Crippen LogP contribution < -0.4 is 10.0 Å². The molecule has 0 radical (unpaired) electrons. The van der Waals surface area contributed by atoms with Crippen LogP contribution in [0.2, 0.25) is 0 Å². The monoisotopic (exact) mass is 290 g/mol. The summed E-state index contributed by atoms with van der Waals surface area (Å²) in [5.41, 5.74) is 0. The summed E-state index contributed by atoms with van der Waals surface area (Å²) in [6.07, 6.45) is 0.517. The Hall–Kier alpha value is 0.0800. The van der Waals surface area contributed by atoms with Crippen molar-refractivity contribution in [2.45, 2.75) is 6.42 Å². The lowest BCUT2D eigenvalue weighted by atomic mass is 10.5. The summed E-state index contributed by atoms with van der Waals surface area (Å²) in [6.45, 7) is 2.82. The molecule has 0 aliphatic rings. The quantitative estimate of drug-likeness (QED) is 0.507. The zero-order valence-corrected chi connectivity index (χ0v) is 12.0. The number of sulfonamides is 1. The van der Waals surface area contributed by atoms with Gasteiger partial charge in [0, 0.05) is 40.5 Å². The van der Waals surface area contributed by atoms with E-state index in [1.807, 2.05) is 0 Å². The third kappa shape index (κ3) is 14.0. The van der Waals surface area contributed by atoms with Crippen LogP contribution in [0.25, 0.3) is 0 Å². The molecule has 0 heterocycles. The second kappa shape index (κ2) is 12.5. The maximum atomic E-state index is 11.4. The summed E-state index contributed by atoms with van der Waals surface area (Å²) in [5.74, 6) is 0.110. The van der Waals surface area contributed by atoms with Gasteiger partial charge >= 0.3 is 0 Å². The average Bonchev–Trinajstić information content (AvgIpc) is 2.23. The molecule has 0 fully saturated rings. The van der Waals surface area contributed by atoms with Gasteiger partial charge in [0.2, 0.25) is 10.0 Å². The predicted octanol–water partition coefficient (Wildman–Crippen LogP) is -0.400. The predicted molar refractivity (Wildman–Crippen MR) is 70.3 cm³/mol. The third-order valence-electron chi connectivity index (χ3n) is 1.87. The van der Waals surface area contributed by atoms with E-state index < -0.39 is 10.0 Å². The Morgan fingerprint density at radius 3 is 2.24 bits per heavy atom. The SMILES string of the molecule is COCCCS(=O)(=O)NCCNCCOC.Cl. The summed E-state index contributed by atoms with van der Waals surface area (Å²) < 4.78 is 34.9. The van der Waals surface area contributed by atoms with Crippen LogP contribution in [0.3, 0.4) is 0 Å². The highest BCUT2D eigenvalue weighted by Crippen LogP contribution is 1.89. The van der Waals surface area contributed by atoms with E-state index in [4.69, 9.17) is 9.47 Å². The fraction of sp³-hybridized carbons (Fsp3) is 1.00. The smallest absolute Gasteiger partial charge is 0.211 e. The van der Waals surface area contributed by atoms with Crippen molar-refractivity contribution in [3.63, 3.8) is 0 Å². The van der Waals surface area contributed by atoms with E-state index in [-0.39, 0.29) is 18.2 Å². The van der Waals surface area contributed by atoms with Crippen molar-refractivity contribution in [2.75, 3.05) is 52.8 Å². The van der Waals surface area contributed by atoms with E-state index in [1.54, 1.807) is 14.2 Å². The van der Waals surface area contributed by atoms with Crippen molar-refractivity contribution in [2.24, 2.45) is 0 Å². The van der Waals surface area contributed by atoms with Crippen molar-refractivity contribution >= 4 is 22.4 Å². The molecular weight excluding hydrogens is 268 g/mol. The molecule has 17 heavy (non-hydrogen) atoms. The van der Waals surface area contributed by atoms with Crippen LogP contribution in [0, 0.1) is 0 Å². The van der Waals surface area contributed by atoms with E-state index in [0.29, 0.717) is 32.7 Å². The highest BCUT2D eigenvalue weighted by Gasteiger charge is 2.07.